The number of aromatic nitrogens is 4. The summed E-state index contributed by atoms with van der Waals surface area (Å²) in [7, 11) is 1.72. The van der Waals surface area contributed by atoms with E-state index in [1.165, 1.54) is 0 Å². The molecule has 0 bridgehead atoms. The molecule has 2 aromatic heterocycles. The third-order valence-electron chi connectivity index (χ3n) is 6.06. The van der Waals surface area contributed by atoms with Crippen molar-refractivity contribution in [3.63, 3.8) is 0 Å². The number of benzene rings is 2. The lowest BCUT2D eigenvalue weighted by Crippen LogP contribution is -2.47. The Hall–Kier alpha value is -4.77. The molecule has 2 aromatic carbocycles. The zero-order chi connectivity index (χ0) is 24.9. The number of carbonyl (C=O) groups excluding carboxylic acids is 2. The molecule has 8 nitrogen and oxygen atoms in total. The minimum atomic E-state index is -0.683. The van der Waals surface area contributed by atoms with Crippen molar-refractivity contribution in [2.45, 2.75) is 25.3 Å². The summed E-state index contributed by atoms with van der Waals surface area (Å²) in [4.78, 5) is 36.0. The zero-order valence-electron chi connectivity index (χ0n) is 19.7. The van der Waals surface area contributed by atoms with Crippen molar-refractivity contribution in [3.05, 3.63) is 107 Å². The highest BCUT2D eigenvalue weighted by molar-refractivity contribution is 6.02. The van der Waals surface area contributed by atoms with Crippen LogP contribution in [0.25, 0.3) is 0 Å². The Kier molecular flexibility index (Phi) is 6.54. The lowest BCUT2D eigenvalue weighted by molar-refractivity contribution is -0.120. The van der Waals surface area contributed by atoms with Gasteiger partial charge in [-0.25, -0.2) is 4.98 Å². The number of fused-ring (bicyclic) bond motifs is 1. The van der Waals surface area contributed by atoms with Crippen LogP contribution in [0.4, 0.5) is 5.69 Å². The molecule has 2 amide bonds. The molecule has 2 N–H and O–H groups in total. The summed E-state index contributed by atoms with van der Waals surface area (Å²) in [6.07, 6.45) is 5.05. The minimum Gasteiger partial charge on any atom is -0.337 e. The van der Waals surface area contributed by atoms with Crippen LogP contribution in [0.2, 0.25) is 0 Å². The average molecular weight is 477 g/mol. The van der Waals surface area contributed by atoms with Crippen LogP contribution in [-0.2, 0) is 17.6 Å². The van der Waals surface area contributed by atoms with Crippen LogP contribution in [0, 0.1) is 11.8 Å². The van der Waals surface area contributed by atoms with Crippen molar-refractivity contribution in [3.8, 4) is 11.8 Å². The summed E-state index contributed by atoms with van der Waals surface area (Å²) in [5.74, 6) is 6.19. The normalized spacial score (nSPS) is 14.9. The van der Waals surface area contributed by atoms with E-state index in [9.17, 15) is 9.59 Å². The summed E-state index contributed by atoms with van der Waals surface area (Å²) in [5.41, 5.74) is 4.55. The molecule has 1 aliphatic heterocycles. The maximum absolute atomic E-state index is 13.2. The lowest BCUT2D eigenvalue weighted by Gasteiger charge is -2.22. The molecule has 0 saturated carbocycles. The molecule has 0 spiro atoms. The van der Waals surface area contributed by atoms with E-state index in [1.54, 1.807) is 24.3 Å². The number of rotatable bonds is 4. The summed E-state index contributed by atoms with van der Waals surface area (Å²) < 4.78 is 0. The van der Waals surface area contributed by atoms with E-state index >= 15 is 0 Å². The zero-order valence-corrected chi connectivity index (χ0v) is 19.7. The number of nitrogens with one attached hydrogen (secondary N) is 2. The van der Waals surface area contributed by atoms with E-state index in [4.69, 9.17) is 0 Å². The number of aryl methyl sites for hydroxylation is 1. The van der Waals surface area contributed by atoms with Crippen LogP contribution < -0.4 is 10.2 Å². The van der Waals surface area contributed by atoms with E-state index in [-0.39, 0.29) is 11.7 Å². The Balaban J connectivity index is 1.28. The predicted octanol–water partition coefficient (Wildman–Crippen LogP) is 2.90. The Morgan fingerprint density at radius 2 is 1.86 bits per heavy atom. The van der Waals surface area contributed by atoms with Crippen LogP contribution in [0.15, 0.2) is 73.1 Å². The van der Waals surface area contributed by atoms with Crippen LogP contribution in [-0.4, -0.2) is 45.1 Å². The van der Waals surface area contributed by atoms with E-state index < -0.39 is 11.9 Å². The van der Waals surface area contributed by atoms with Gasteiger partial charge in [-0.3, -0.25) is 19.7 Å². The molecule has 8 heteroatoms. The predicted molar refractivity (Wildman–Crippen MR) is 135 cm³/mol. The number of anilines is 1. The van der Waals surface area contributed by atoms with Crippen molar-refractivity contribution in [2.75, 3.05) is 11.9 Å². The molecule has 3 heterocycles. The monoisotopic (exact) mass is 476 g/mol. The number of amides is 2. The topological polar surface area (TPSA) is 104 Å². The first kappa shape index (κ1) is 23.0. The molecular formula is C28H24N6O2. The van der Waals surface area contributed by atoms with Gasteiger partial charge in [0.15, 0.2) is 0 Å². The first-order valence-corrected chi connectivity index (χ1v) is 11.7. The fraction of sp³-hybridized carbons (Fsp3) is 0.179. The van der Waals surface area contributed by atoms with Gasteiger partial charge < -0.3 is 10.2 Å². The summed E-state index contributed by atoms with van der Waals surface area (Å²) in [6, 6.07) is 18.7. The Morgan fingerprint density at radius 1 is 1.08 bits per heavy atom. The van der Waals surface area contributed by atoms with Crippen LogP contribution >= 0.6 is 0 Å². The van der Waals surface area contributed by atoms with Crippen molar-refractivity contribution in [2.24, 2.45) is 0 Å². The minimum absolute atomic E-state index is 0.0202. The van der Waals surface area contributed by atoms with E-state index in [0.29, 0.717) is 25.1 Å². The molecule has 0 saturated heterocycles. The number of hydrogen-bond acceptors (Lipinski definition) is 5. The highest BCUT2D eigenvalue weighted by Gasteiger charge is 2.30. The fourth-order valence-corrected chi connectivity index (χ4v) is 4.14. The SMILES string of the molecule is CN1C(=O)C(NC(=O)c2n[nH]c(Cc3ccccc3)n2)CCc2ccc(C#Cc3ccncc3)cc21. The van der Waals surface area contributed by atoms with Crippen LogP contribution in [0.1, 0.15) is 45.1 Å². The highest BCUT2D eigenvalue weighted by atomic mass is 16.2. The largest absolute Gasteiger partial charge is 0.337 e. The van der Waals surface area contributed by atoms with Gasteiger partial charge in [0.05, 0.1) is 0 Å². The van der Waals surface area contributed by atoms with Crippen molar-refractivity contribution in [1.82, 2.24) is 25.5 Å². The molecule has 1 unspecified atom stereocenters. The van der Waals surface area contributed by atoms with Gasteiger partial charge in [-0.2, -0.15) is 0 Å². The second kappa shape index (κ2) is 10.2. The van der Waals surface area contributed by atoms with Gasteiger partial charge in [-0.05, 0) is 48.2 Å². The molecule has 36 heavy (non-hydrogen) atoms. The van der Waals surface area contributed by atoms with Gasteiger partial charge in [0, 0.05) is 42.7 Å². The van der Waals surface area contributed by atoms with Crippen molar-refractivity contribution >= 4 is 17.5 Å². The third kappa shape index (κ3) is 5.15. The number of nitrogens with zero attached hydrogens (tertiary/aromatic N) is 4. The van der Waals surface area contributed by atoms with Gasteiger partial charge in [-0.1, -0.05) is 48.2 Å². The standard InChI is InChI=1S/C28H24N6O2/c1-34-24-17-21(8-7-19-13-15-29-16-14-19)9-10-22(24)11-12-23(28(34)36)30-27(35)26-31-25(32-33-26)18-20-5-3-2-4-6-20/h2-6,9-10,13-17,23H,11-12,18H2,1H3,(H,30,35)(H,31,32,33). The van der Waals surface area contributed by atoms with Gasteiger partial charge in [0.25, 0.3) is 5.91 Å². The average Bonchev–Trinajstić information content (AvgIpc) is 3.35. The van der Waals surface area contributed by atoms with E-state index in [1.807, 2.05) is 60.7 Å². The quantitative estimate of drug-likeness (QED) is 0.441. The molecule has 5 rings (SSSR count). The summed E-state index contributed by atoms with van der Waals surface area (Å²) in [5, 5.41) is 9.68. The maximum Gasteiger partial charge on any atom is 0.291 e. The summed E-state index contributed by atoms with van der Waals surface area (Å²) in [6.45, 7) is 0. The third-order valence-corrected chi connectivity index (χ3v) is 6.06. The Morgan fingerprint density at radius 3 is 2.67 bits per heavy atom. The first-order valence-electron chi connectivity index (χ1n) is 11.7. The van der Waals surface area contributed by atoms with Gasteiger partial charge in [0.1, 0.15) is 11.9 Å². The first-order chi connectivity index (χ1) is 17.6. The number of hydrogen-bond donors (Lipinski definition) is 2. The maximum atomic E-state index is 13.2. The second-order valence-electron chi connectivity index (χ2n) is 8.56. The molecule has 1 aliphatic rings. The molecule has 4 aromatic rings. The number of likely N-dealkylation sites (N-methyl/N-ethyl adjacent to an activating group) is 1. The van der Waals surface area contributed by atoms with Gasteiger partial charge >= 0.3 is 0 Å². The smallest absolute Gasteiger partial charge is 0.291 e. The molecule has 1 atom stereocenters. The Bertz CT molecular complexity index is 1450. The van der Waals surface area contributed by atoms with Crippen molar-refractivity contribution < 1.29 is 9.59 Å². The fourth-order valence-electron chi connectivity index (χ4n) is 4.14. The molecule has 0 aliphatic carbocycles. The van der Waals surface area contributed by atoms with E-state index in [0.717, 1.165) is 27.9 Å². The molecule has 0 radical (unpaired) electrons. The van der Waals surface area contributed by atoms with E-state index in [2.05, 4.69) is 37.3 Å². The number of carbonyl (C=O) groups is 2. The molecule has 178 valence electrons. The summed E-state index contributed by atoms with van der Waals surface area (Å²) >= 11 is 0. The number of pyridine rings is 1. The highest BCUT2D eigenvalue weighted by Crippen LogP contribution is 2.27. The number of aromatic amines is 1. The lowest BCUT2D eigenvalue weighted by atomic mass is 10.0. The van der Waals surface area contributed by atoms with Gasteiger partial charge in [0.2, 0.25) is 11.7 Å². The Labute approximate surface area is 208 Å². The van der Waals surface area contributed by atoms with Crippen LogP contribution in [0.3, 0.4) is 0 Å². The van der Waals surface area contributed by atoms with Gasteiger partial charge in [-0.15, -0.1) is 5.10 Å². The van der Waals surface area contributed by atoms with Crippen LogP contribution in [0.5, 0.6) is 0 Å². The van der Waals surface area contributed by atoms with Crippen molar-refractivity contribution in [1.29, 1.82) is 0 Å². The molecule has 0 fully saturated rings. The second-order valence-corrected chi connectivity index (χ2v) is 8.56. The molecular weight excluding hydrogens is 452 g/mol. The number of H-pyrrole nitrogens is 1.